The average Bonchev–Trinajstić information content (AvgIpc) is 2.45. The Morgan fingerprint density at radius 2 is 2.10 bits per heavy atom. The topological polar surface area (TPSA) is 23.6 Å². The molecule has 1 aromatic rings. The maximum Gasteiger partial charge on any atom is 0.253 e. The van der Waals surface area contributed by atoms with E-state index in [9.17, 15) is 4.79 Å². The second-order valence-corrected chi connectivity index (χ2v) is 7.50. The summed E-state index contributed by atoms with van der Waals surface area (Å²) in [6.07, 6.45) is 3.55. The molecule has 2 atom stereocenters. The summed E-state index contributed by atoms with van der Waals surface area (Å²) in [4.78, 5) is 17.2. The van der Waals surface area contributed by atoms with E-state index in [4.69, 9.17) is 11.6 Å². The summed E-state index contributed by atoms with van der Waals surface area (Å²) in [6.45, 7) is 2.91. The molecule has 114 valence electrons. The largest absolute Gasteiger partial charge is 0.338 e. The highest BCUT2D eigenvalue weighted by Crippen LogP contribution is 2.30. The molecule has 0 aromatic heterocycles. The molecule has 0 aliphatic carbocycles. The summed E-state index contributed by atoms with van der Waals surface area (Å²) in [6, 6.07) is 6.07. The zero-order chi connectivity index (χ0) is 15.0. The first kappa shape index (κ1) is 15.3. The SMILES string of the molecule is CN1CCCC2CN(C(=O)c3cc(Cl)cc(Br)c3)CCC21. The molecule has 0 saturated carbocycles. The predicted molar refractivity (Wildman–Crippen MR) is 88.8 cm³/mol. The Balaban J connectivity index is 1.74. The van der Waals surface area contributed by atoms with E-state index in [-0.39, 0.29) is 5.91 Å². The number of amides is 1. The smallest absolute Gasteiger partial charge is 0.253 e. The van der Waals surface area contributed by atoms with Gasteiger partial charge in [0.15, 0.2) is 0 Å². The van der Waals surface area contributed by atoms with E-state index in [1.807, 2.05) is 11.0 Å². The van der Waals surface area contributed by atoms with E-state index in [1.54, 1.807) is 12.1 Å². The van der Waals surface area contributed by atoms with Crippen molar-refractivity contribution < 1.29 is 4.79 Å². The highest BCUT2D eigenvalue weighted by Gasteiger charge is 2.35. The van der Waals surface area contributed by atoms with Crippen LogP contribution in [0, 0.1) is 5.92 Å². The maximum absolute atomic E-state index is 12.7. The van der Waals surface area contributed by atoms with E-state index in [0.717, 1.165) is 24.0 Å². The molecule has 3 nitrogen and oxygen atoms in total. The van der Waals surface area contributed by atoms with Crippen molar-refractivity contribution in [3.05, 3.63) is 33.3 Å². The zero-order valence-electron chi connectivity index (χ0n) is 12.2. The lowest BCUT2D eigenvalue weighted by atomic mass is 9.84. The first-order valence-corrected chi connectivity index (χ1v) is 8.67. The zero-order valence-corrected chi connectivity index (χ0v) is 14.5. The predicted octanol–water partition coefficient (Wildman–Crippen LogP) is 3.66. The average molecular weight is 372 g/mol. The molecule has 2 heterocycles. The monoisotopic (exact) mass is 370 g/mol. The van der Waals surface area contributed by atoms with Gasteiger partial charge in [0.2, 0.25) is 0 Å². The van der Waals surface area contributed by atoms with E-state index in [0.29, 0.717) is 22.5 Å². The number of hydrogen-bond donors (Lipinski definition) is 0. The lowest BCUT2D eigenvalue weighted by Crippen LogP contribution is -2.53. The number of carbonyl (C=O) groups is 1. The van der Waals surface area contributed by atoms with Crippen molar-refractivity contribution in [1.29, 1.82) is 0 Å². The van der Waals surface area contributed by atoms with Crippen LogP contribution in [0.3, 0.4) is 0 Å². The Morgan fingerprint density at radius 3 is 2.86 bits per heavy atom. The number of fused-ring (bicyclic) bond motifs is 1. The third kappa shape index (κ3) is 3.27. The molecule has 2 unspecified atom stereocenters. The van der Waals surface area contributed by atoms with Gasteiger partial charge < -0.3 is 9.80 Å². The maximum atomic E-state index is 12.7. The Hall–Kier alpha value is -0.580. The van der Waals surface area contributed by atoms with Gasteiger partial charge >= 0.3 is 0 Å². The van der Waals surface area contributed by atoms with Crippen molar-refractivity contribution >= 4 is 33.4 Å². The van der Waals surface area contributed by atoms with Crippen LogP contribution in [0.1, 0.15) is 29.6 Å². The summed E-state index contributed by atoms with van der Waals surface area (Å²) < 4.78 is 0.852. The minimum Gasteiger partial charge on any atom is -0.338 e. The van der Waals surface area contributed by atoms with Crippen LogP contribution in [-0.4, -0.2) is 48.4 Å². The molecule has 2 fully saturated rings. The summed E-state index contributed by atoms with van der Waals surface area (Å²) in [5.41, 5.74) is 0.678. The first-order chi connectivity index (χ1) is 10.0. The molecule has 1 amide bonds. The fourth-order valence-corrected chi connectivity index (χ4v) is 4.56. The van der Waals surface area contributed by atoms with Gasteiger partial charge in [-0.25, -0.2) is 0 Å². The molecule has 0 bridgehead atoms. The van der Waals surface area contributed by atoms with Gasteiger partial charge in [0.05, 0.1) is 0 Å². The van der Waals surface area contributed by atoms with Crippen LogP contribution in [0.4, 0.5) is 0 Å². The van der Waals surface area contributed by atoms with Gasteiger partial charge in [0.1, 0.15) is 0 Å². The van der Waals surface area contributed by atoms with Gasteiger partial charge in [-0.2, -0.15) is 0 Å². The van der Waals surface area contributed by atoms with Crippen LogP contribution in [0.15, 0.2) is 22.7 Å². The van der Waals surface area contributed by atoms with Crippen LogP contribution >= 0.6 is 27.5 Å². The van der Waals surface area contributed by atoms with Gasteiger partial charge in [-0.3, -0.25) is 4.79 Å². The number of nitrogens with zero attached hydrogens (tertiary/aromatic N) is 2. The fraction of sp³-hybridized carbons (Fsp3) is 0.562. The van der Waals surface area contributed by atoms with Crippen molar-refractivity contribution in [3.63, 3.8) is 0 Å². The lowest BCUT2D eigenvalue weighted by molar-refractivity contribution is 0.0317. The van der Waals surface area contributed by atoms with Crippen LogP contribution in [0.2, 0.25) is 5.02 Å². The molecule has 2 saturated heterocycles. The van der Waals surface area contributed by atoms with Crippen LogP contribution < -0.4 is 0 Å². The van der Waals surface area contributed by atoms with Gasteiger partial charge in [0.25, 0.3) is 5.91 Å². The highest BCUT2D eigenvalue weighted by molar-refractivity contribution is 9.10. The Kier molecular flexibility index (Phi) is 4.57. The minimum absolute atomic E-state index is 0.102. The number of rotatable bonds is 1. The molecule has 21 heavy (non-hydrogen) atoms. The van der Waals surface area contributed by atoms with Crippen molar-refractivity contribution in [2.75, 3.05) is 26.7 Å². The number of likely N-dealkylation sites (tertiary alicyclic amines) is 2. The molecular weight excluding hydrogens is 352 g/mol. The Bertz CT molecular complexity index is 531. The quantitative estimate of drug-likeness (QED) is 0.752. The van der Waals surface area contributed by atoms with Crippen molar-refractivity contribution in [1.82, 2.24) is 9.80 Å². The number of benzene rings is 1. The molecule has 2 aliphatic heterocycles. The molecular formula is C16H20BrClN2O. The van der Waals surface area contributed by atoms with Crippen LogP contribution in [0.25, 0.3) is 0 Å². The second-order valence-electron chi connectivity index (χ2n) is 6.15. The van der Waals surface area contributed by atoms with Gasteiger partial charge in [0, 0.05) is 34.2 Å². The fourth-order valence-electron chi connectivity index (χ4n) is 3.70. The molecule has 0 spiro atoms. The van der Waals surface area contributed by atoms with Crippen LogP contribution in [-0.2, 0) is 0 Å². The van der Waals surface area contributed by atoms with Crippen molar-refractivity contribution in [2.45, 2.75) is 25.3 Å². The number of piperidine rings is 2. The molecule has 3 rings (SSSR count). The first-order valence-electron chi connectivity index (χ1n) is 7.50. The lowest BCUT2D eigenvalue weighted by Gasteiger charge is -2.46. The number of carbonyl (C=O) groups excluding carboxylic acids is 1. The molecule has 0 radical (unpaired) electrons. The Labute approximate surface area is 139 Å². The normalized spacial score (nSPS) is 26.5. The summed E-state index contributed by atoms with van der Waals surface area (Å²) in [5, 5.41) is 0.597. The van der Waals surface area contributed by atoms with Crippen molar-refractivity contribution in [3.8, 4) is 0 Å². The van der Waals surface area contributed by atoms with E-state index in [1.165, 1.54) is 19.4 Å². The summed E-state index contributed by atoms with van der Waals surface area (Å²) in [5.74, 6) is 0.717. The van der Waals surface area contributed by atoms with E-state index in [2.05, 4.69) is 27.9 Å². The van der Waals surface area contributed by atoms with Crippen LogP contribution in [0.5, 0.6) is 0 Å². The Morgan fingerprint density at radius 1 is 1.29 bits per heavy atom. The molecule has 2 aliphatic rings. The summed E-state index contributed by atoms with van der Waals surface area (Å²) in [7, 11) is 2.21. The van der Waals surface area contributed by atoms with E-state index >= 15 is 0 Å². The minimum atomic E-state index is 0.102. The van der Waals surface area contributed by atoms with E-state index < -0.39 is 0 Å². The third-order valence-corrected chi connectivity index (χ3v) is 5.42. The van der Waals surface area contributed by atoms with Gasteiger partial charge in [-0.15, -0.1) is 0 Å². The number of halogens is 2. The number of hydrogen-bond acceptors (Lipinski definition) is 2. The molecule has 0 N–H and O–H groups in total. The standard InChI is InChI=1S/C16H20BrClN2O/c1-19-5-2-3-11-10-20(6-4-15(11)19)16(21)12-7-13(17)9-14(18)8-12/h7-9,11,15H,2-6,10H2,1H3. The summed E-state index contributed by atoms with van der Waals surface area (Å²) >= 11 is 9.46. The van der Waals surface area contributed by atoms with Crippen molar-refractivity contribution in [2.24, 2.45) is 5.92 Å². The molecule has 1 aromatic carbocycles. The molecule has 5 heteroatoms. The van der Waals surface area contributed by atoms with Gasteiger partial charge in [-0.05, 0) is 57.0 Å². The second kappa shape index (κ2) is 6.27. The highest BCUT2D eigenvalue weighted by atomic mass is 79.9. The van der Waals surface area contributed by atoms with Gasteiger partial charge in [-0.1, -0.05) is 27.5 Å². The third-order valence-electron chi connectivity index (χ3n) is 4.74.